The SMILES string of the molecule is CC(C)[C@](C)(C#N)NC(=O)CN1[C@H](C)COC[C@@H]1C. The van der Waals surface area contributed by atoms with Gasteiger partial charge in [-0.25, -0.2) is 0 Å². The zero-order chi connectivity index (χ0) is 14.6. The lowest BCUT2D eigenvalue weighted by Crippen LogP contribution is -2.56. The third-order valence-corrected chi connectivity index (χ3v) is 3.96. The van der Waals surface area contributed by atoms with Gasteiger partial charge in [-0.15, -0.1) is 0 Å². The molecule has 0 aromatic rings. The van der Waals surface area contributed by atoms with Gasteiger partial charge in [0.15, 0.2) is 0 Å². The first kappa shape index (κ1) is 15.9. The van der Waals surface area contributed by atoms with Crippen molar-refractivity contribution < 1.29 is 9.53 Å². The van der Waals surface area contributed by atoms with Crippen LogP contribution in [0.1, 0.15) is 34.6 Å². The van der Waals surface area contributed by atoms with E-state index in [9.17, 15) is 10.1 Å². The summed E-state index contributed by atoms with van der Waals surface area (Å²) in [7, 11) is 0. The van der Waals surface area contributed by atoms with E-state index >= 15 is 0 Å². The quantitative estimate of drug-likeness (QED) is 0.830. The van der Waals surface area contributed by atoms with Crippen LogP contribution in [0.2, 0.25) is 0 Å². The van der Waals surface area contributed by atoms with Crippen LogP contribution in [-0.2, 0) is 9.53 Å². The van der Waals surface area contributed by atoms with Gasteiger partial charge in [0.1, 0.15) is 5.54 Å². The number of hydrogen-bond acceptors (Lipinski definition) is 4. The number of morpholine rings is 1. The Balaban J connectivity index is 2.62. The standard InChI is InChI=1S/C14H25N3O2/c1-10(2)14(5,9-15)16-13(18)6-17-11(3)7-19-8-12(17)4/h10-12H,6-8H2,1-5H3,(H,16,18)/t11-,12+,14-/m0/s1. The second kappa shape index (κ2) is 6.36. The minimum atomic E-state index is -0.810. The van der Waals surface area contributed by atoms with Crippen LogP contribution in [0.15, 0.2) is 0 Å². The third kappa shape index (κ3) is 3.92. The van der Waals surface area contributed by atoms with Crippen molar-refractivity contribution in [1.82, 2.24) is 10.2 Å². The maximum absolute atomic E-state index is 12.1. The number of carbonyl (C=O) groups excluding carboxylic acids is 1. The summed E-state index contributed by atoms with van der Waals surface area (Å²) in [5.41, 5.74) is -0.810. The van der Waals surface area contributed by atoms with E-state index in [-0.39, 0.29) is 23.9 Å². The molecule has 0 aromatic heterocycles. The second-order valence-corrected chi connectivity index (χ2v) is 5.92. The van der Waals surface area contributed by atoms with E-state index in [1.54, 1.807) is 6.92 Å². The fourth-order valence-corrected chi connectivity index (χ4v) is 2.14. The molecule has 1 fully saturated rings. The molecule has 5 heteroatoms. The van der Waals surface area contributed by atoms with Crippen molar-refractivity contribution in [2.24, 2.45) is 5.92 Å². The van der Waals surface area contributed by atoms with Crippen molar-refractivity contribution in [3.8, 4) is 6.07 Å². The summed E-state index contributed by atoms with van der Waals surface area (Å²) in [6.07, 6.45) is 0. The lowest BCUT2D eigenvalue weighted by atomic mass is 9.90. The molecule has 0 saturated carbocycles. The van der Waals surface area contributed by atoms with E-state index in [0.717, 1.165) is 0 Å². The number of nitrogens with one attached hydrogen (secondary N) is 1. The molecule has 1 saturated heterocycles. The lowest BCUT2D eigenvalue weighted by molar-refractivity contribution is -0.127. The first-order valence-corrected chi connectivity index (χ1v) is 6.86. The summed E-state index contributed by atoms with van der Waals surface area (Å²) in [4.78, 5) is 14.3. The van der Waals surface area contributed by atoms with Crippen LogP contribution in [0.25, 0.3) is 0 Å². The fourth-order valence-electron chi connectivity index (χ4n) is 2.14. The van der Waals surface area contributed by atoms with Crippen molar-refractivity contribution in [2.75, 3.05) is 19.8 Å². The number of amides is 1. The highest BCUT2D eigenvalue weighted by Gasteiger charge is 2.32. The summed E-state index contributed by atoms with van der Waals surface area (Å²) < 4.78 is 5.44. The summed E-state index contributed by atoms with van der Waals surface area (Å²) in [5, 5.41) is 12.1. The van der Waals surface area contributed by atoms with E-state index in [1.807, 2.05) is 13.8 Å². The van der Waals surface area contributed by atoms with Crippen LogP contribution in [-0.4, -0.2) is 48.2 Å². The van der Waals surface area contributed by atoms with Gasteiger partial charge >= 0.3 is 0 Å². The van der Waals surface area contributed by atoms with Crippen LogP contribution in [0.4, 0.5) is 0 Å². The van der Waals surface area contributed by atoms with Crippen molar-refractivity contribution >= 4 is 5.91 Å². The summed E-state index contributed by atoms with van der Waals surface area (Å²) in [6, 6.07) is 2.64. The van der Waals surface area contributed by atoms with Gasteiger partial charge in [-0.2, -0.15) is 5.26 Å². The van der Waals surface area contributed by atoms with Crippen LogP contribution in [0.3, 0.4) is 0 Å². The molecule has 0 aliphatic carbocycles. The van der Waals surface area contributed by atoms with E-state index < -0.39 is 5.54 Å². The predicted molar refractivity (Wildman–Crippen MR) is 73.4 cm³/mol. The third-order valence-electron chi connectivity index (χ3n) is 3.96. The minimum Gasteiger partial charge on any atom is -0.378 e. The Bertz CT molecular complexity index is 354. The van der Waals surface area contributed by atoms with Crippen molar-refractivity contribution in [3.63, 3.8) is 0 Å². The molecule has 1 rings (SSSR count). The molecule has 0 unspecified atom stereocenters. The number of carbonyl (C=O) groups is 1. The number of nitriles is 1. The molecule has 108 valence electrons. The number of ether oxygens (including phenoxy) is 1. The molecule has 0 aromatic carbocycles. The van der Waals surface area contributed by atoms with Gasteiger partial charge in [0.2, 0.25) is 5.91 Å². The van der Waals surface area contributed by atoms with E-state index in [4.69, 9.17) is 4.74 Å². The normalized spacial score (nSPS) is 27.6. The molecule has 1 aliphatic heterocycles. The van der Waals surface area contributed by atoms with Gasteiger partial charge in [0.25, 0.3) is 0 Å². The average Bonchev–Trinajstić information content (AvgIpc) is 2.33. The van der Waals surface area contributed by atoms with Crippen molar-refractivity contribution in [2.45, 2.75) is 52.2 Å². The molecular weight excluding hydrogens is 242 g/mol. The smallest absolute Gasteiger partial charge is 0.235 e. The van der Waals surface area contributed by atoms with E-state index in [0.29, 0.717) is 19.8 Å². The van der Waals surface area contributed by atoms with Crippen molar-refractivity contribution in [3.05, 3.63) is 0 Å². The Labute approximate surface area is 115 Å². The topological polar surface area (TPSA) is 65.4 Å². The molecule has 0 spiro atoms. The summed E-state index contributed by atoms with van der Waals surface area (Å²) >= 11 is 0. The maximum atomic E-state index is 12.1. The maximum Gasteiger partial charge on any atom is 0.235 e. The van der Waals surface area contributed by atoms with Crippen LogP contribution in [0, 0.1) is 17.2 Å². The molecule has 5 nitrogen and oxygen atoms in total. The summed E-state index contributed by atoms with van der Waals surface area (Å²) in [5.74, 6) is -0.0284. The number of nitrogens with zero attached hydrogens (tertiary/aromatic N) is 2. The Morgan fingerprint density at radius 3 is 2.42 bits per heavy atom. The second-order valence-electron chi connectivity index (χ2n) is 5.92. The molecule has 1 amide bonds. The Kier molecular flexibility index (Phi) is 5.33. The van der Waals surface area contributed by atoms with Crippen LogP contribution < -0.4 is 5.32 Å². The molecule has 0 bridgehead atoms. The monoisotopic (exact) mass is 267 g/mol. The highest BCUT2D eigenvalue weighted by atomic mass is 16.5. The molecule has 1 N–H and O–H groups in total. The van der Waals surface area contributed by atoms with E-state index in [1.165, 1.54) is 0 Å². The largest absolute Gasteiger partial charge is 0.378 e. The Hall–Kier alpha value is -1.12. The summed E-state index contributed by atoms with van der Waals surface area (Å²) in [6.45, 7) is 11.3. The van der Waals surface area contributed by atoms with Gasteiger partial charge in [-0.1, -0.05) is 13.8 Å². The predicted octanol–water partition coefficient (Wildman–Crippen LogP) is 1.15. The Morgan fingerprint density at radius 2 is 2.00 bits per heavy atom. The highest BCUT2D eigenvalue weighted by molar-refractivity contribution is 5.79. The lowest BCUT2D eigenvalue weighted by Gasteiger charge is -2.39. The van der Waals surface area contributed by atoms with Crippen LogP contribution >= 0.6 is 0 Å². The average molecular weight is 267 g/mol. The number of hydrogen-bond donors (Lipinski definition) is 1. The van der Waals surface area contributed by atoms with Gasteiger partial charge < -0.3 is 10.1 Å². The van der Waals surface area contributed by atoms with Gasteiger partial charge in [-0.05, 0) is 26.7 Å². The molecule has 19 heavy (non-hydrogen) atoms. The Morgan fingerprint density at radius 1 is 1.47 bits per heavy atom. The number of rotatable bonds is 4. The first-order valence-electron chi connectivity index (χ1n) is 6.86. The molecule has 0 radical (unpaired) electrons. The van der Waals surface area contributed by atoms with Gasteiger partial charge in [-0.3, -0.25) is 9.69 Å². The zero-order valence-corrected chi connectivity index (χ0v) is 12.6. The molecule has 3 atom stereocenters. The van der Waals surface area contributed by atoms with E-state index in [2.05, 4.69) is 30.1 Å². The first-order chi connectivity index (χ1) is 8.80. The molecule has 1 aliphatic rings. The fraction of sp³-hybridized carbons (Fsp3) is 0.857. The minimum absolute atomic E-state index is 0.0704. The molecular formula is C14H25N3O2. The van der Waals surface area contributed by atoms with Gasteiger partial charge in [0.05, 0.1) is 25.8 Å². The zero-order valence-electron chi connectivity index (χ0n) is 12.6. The van der Waals surface area contributed by atoms with Crippen molar-refractivity contribution in [1.29, 1.82) is 5.26 Å². The highest BCUT2D eigenvalue weighted by Crippen LogP contribution is 2.16. The molecule has 1 heterocycles. The van der Waals surface area contributed by atoms with Crippen LogP contribution in [0.5, 0.6) is 0 Å². The van der Waals surface area contributed by atoms with Gasteiger partial charge in [0, 0.05) is 12.1 Å².